The maximum atomic E-state index is 11.5. The van der Waals surface area contributed by atoms with Gasteiger partial charge in [0, 0.05) is 10.5 Å². The lowest BCUT2D eigenvalue weighted by Crippen LogP contribution is -2.17. The van der Waals surface area contributed by atoms with Gasteiger partial charge in [-0.2, -0.15) is 0 Å². The summed E-state index contributed by atoms with van der Waals surface area (Å²) in [4.78, 5) is 22.5. The number of ketones is 1. The van der Waals surface area contributed by atoms with Crippen LogP contribution in [-0.4, -0.2) is 25.0 Å². The van der Waals surface area contributed by atoms with Gasteiger partial charge in [-0.05, 0) is 28.9 Å². The first-order valence-corrected chi connectivity index (χ1v) is 6.93. The second-order valence-corrected chi connectivity index (χ2v) is 5.17. The van der Waals surface area contributed by atoms with Crippen molar-refractivity contribution >= 4 is 50.9 Å². The van der Waals surface area contributed by atoms with Crippen LogP contribution < -0.4 is 4.74 Å². The summed E-state index contributed by atoms with van der Waals surface area (Å²) in [6.07, 6.45) is -0.324. The van der Waals surface area contributed by atoms with E-state index in [0.717, 1.165) is 0 Å². The molecule has 1 aromatic carbocycles. The van der Waals surface area contributed by atoms with Crippen LogP contribution in [0.2, 0.25) is 10.0 Å². The van der Waals surface area contributed by atoms with Gasteiger partial charge in [-0.1, -0.05) is 23.2 Å². The second kappa shape index (κ2) is 7.72. The van der Waals surface area contributed by atoms with Gasteiger partial charge >= 0.3 is 5.97 Å². The fourth-order valence-corrected chi connectivity index (χ4v) is 2.04. The molecule has 19 heavy (non-hydrogen) atoms. The minimum Gasteiger partial charge on any atom is -0.484 e. The molecular formula is C12H11BrCl2O4. The Hall–Kier alpha value is -0.780. The highest BCUT2D eigenvalue weighted by Crippen LogP contribution is 2.33. The molecule has 0 saturated heterocycles. The zero-order valence-electron chi connectivity index (χ0n) is 10.0. The van der Waals surface area contributed by atoms with E-state index in [1.165, 1.54) is 6.07 Å². The summed E-state index contributed by atoms with van der Waals surface area (Å²) in [6.45, 7) is 1.64. The molecule has 0 fully saturated rings. The van der Waals surface area contributed by atoms with E-state index in [4.69, 9.17) is 27.9 Å². The molecular weight excluding hydrogens is 359 g/mol. The van der Waals surface area contributed by atoms with Crippen molar-refractivity contribution in [2.75, 3.05) is 13.2 Å². The predicted molar refractivity (Wildman–Crippen MR) is 75.9 cm³/mol. The molecule has 0 aliphatic carbocycles. The quantitative estimate of drug-likeness (QED) is 0.436. The molecule has 1 aromatic rings. The van der Waals surface area contributed by atoms with Crippen molar-refractivity contribution in [3.8, 4) is 5.75 Å². The first kappa shape index (κ1) is 16.3. The SMILES string of the molecule is CCOC(=O)CC(=O)COc1cc(Cl)c(Br)cc1Cl. The largest absolute Gasteiger partial charge is 0.484 e. The van der Waals surface area contributed by atoms with E-state index in [-0.39, 0.29) is 25.4 Å². The van der Waals surface area contributed by atoms with Crippen LogP contribution in [0.3, 0.4) is 0 Å². The van der Waals surface area contributed by atoms with E-state index < -0.39 is 11.8 Å². The summed E-state index contributed by atoms with van der Waals surface area (Å²) >= 11 is 15.0. The number of Topliss-reactive ketones (excluding diaryl/α,β-unsaturated/α-hetero) is 1. The number of hydrogen-bond donors (Lipinski definition) is 0. The molecule has 0 aliphatic rings. The van der Waals surface area contributed by atoms with E-state index in [2.05, 4.69) is 20.7 Å². The Morgan fingerprint density at radius 3 is 2.58 bits per heavy atom. The highest BCUT2D eigenvalue weighted by atomic mass is 79.9. The third kappa shape index (κ3) is 5.38. The van der Waals surface area contributed by atoms with Crippen molar-refractivity contribution < 1.29 is 19.1 Å². The molecule has 7 heteroatoms. The summed E-state index contributed by atoms with van der Waals surface area (Å²) in [5.74, 6) is -0.684. The number of ether oxygens (including phenoxy) is 2. The number of hydrogen-bond acceptors (Lipinski definition) is 4. The highest BCUT2D eigenvalue weighted by molar-refractivity contribution is 9.10. The van der Waals surface area contributed by atoms with Gasteiger partial charge in [-0.25, -0.2) is 0 Å². The number of halogens is 3. The molecule has 0 atom stereocenters. The van der Waals surface area contributed by atoms with Crippen molar-refractivity contribution in [3.63, 3.8) is 0 Å². The Kier molecular flexibility index (Phi) is 6.62. The Bertz CT molecular complexity index is 491. The molecule has 0 aliphatic heterocycles. The first-order valence-electron chi connectivity index (χ1n) is 5.38. The minimum absolute atomic E-state index is 0.237. The van der Waals surface area contributed by atoms with Gasteiger partial charge in [0.1, 0.15) is 18.8 Å². The number of carbonyl (C=O) groups excluding carboxylic acids is 2. The molecule has 0 radical (unpaired) electrons. The van der Waals surface area contributed by atoms with Crippen LogP contribution >= 0.6 is 39.1 Å². The summed E-state index contributed by atoms with van der Waals surface area (Å²) in [6, 6.07) is 3.06. The van der Waals surface area contributed by atoms with E-state index in [1.54, 1.807) is 13.0 Å². The maximum absolute atomic E-state index is 11.5. The van der Waals surface area contributed by atoms with Crippen molar-refractivity contribution in [1.29, 1.82) is 0 Å². The summed E-state index contributed by atoms with van der Waals surface area (Å²) < 4.78 is 10.5. The van der Waals surface area contributed by atoms with Crippen LogP contribution in [0, 0.1) is 0 Å². The zero-order valence-corrected chi connectivity index (χ0v) is 13.1. The second-order valence-electron chi connectivity index (χ2n) is 3.51. The van der Waals surface area contributed by atoms with E-state index >= 15 is 0 Å². The van der Waals surface area contributed by atoms with Crippen LogP contribution in [0.5, 0.6) is 5.75 Å². The highest BCUT2D eigenvalue weighted by Gasteiger charge is 2.13. The van der Waals surface area contributed by atoms with Gasteiger partial charge in [-0.15, -0.1) is 0 Å². The molecule has 0 aromatic heterocycles. The minimum atomic E-state index is -0.573. The fraction of sp³-hybridized carbons (Fsp3) is 0.333. The van der Waals surface area contributed by atoms with Crippen LogP contribution in [0.15, 0.2) is 16.6 Å². The molecule has 0 N–H and O–H groups in total. The van der Waals surface area contributed by atoms with E-state index in [0.29, 0.717) is 14.5 Å². The Morgan fingerprint density at radius 2 is 1.95 bits per heavy atom. The van der Waals surface area contributed by atoms with Gasteiger partial charge < -0.3 is 9.47 Å². The van der Waals surface area contributed by atoms with Crippen LogP contribution in [-0.2, 0) is 14.3 Å². The first-order chi connectivity index (χ1) is 8.93. The Morgan fingerprint density at radius 1 is 1.26 bits per heavy atom. The van der Waals surface area contributed by atoms with Crippen molar-refractivity contribution in [2.45, 2.75) is 13.3 Å². The maximum Gasteiger partial charge on any atom is 0.313 e. The normalized spacial score (nSPS) is 10.1. The smallest absolute Gasteiger partial charge is 0.313 e. The predicted octanol–water partition coefficient (Wildman–Crippen LogP) is 3.66. The van der Waals surface area contributed by atoms with Gasteiger partial charge in [0.05, 0.1) is 16.7 Å². The lowest BCUT2D eigenvalue weighted by atomic mass is 10.3. The van der Waals surface area contributed by atoms with Gasteiger partial charge in [0.2, 0.25) is 0 Å². The van der Waals surface area contributed by atoms with E-state index in [9.17, 15) is 9.59 Å². The molecule has 0 amide bonds. The summed E-state index contributed by atoms with van der Waals surface area (Å²) in [7, 11) is 0. The van der Waals surface area contributed by atoms with Gasteiger partial charge in [-0.3, -0.25) is 9.59 Å². The standard InChI is InChI=1S/C12H11BrCl2O4/c1-2-18-12(17)3-7(16)6-19-11-5-9(14)8(13)4-10(11)15/h4-5H,2-3,6H2,1H3. The van der Waals surface area contributed by atoms with E-state index in [1.807, 2.05) is 0 Å². The van der Waals surface area contributed by atoms with Crippen LogP contribution in [0.1, 0.15) is 13.3 Å². The molecule has 104 valence electrons. The van der Waals surface area contributed by atoms with Crippen molar-refractivity contribution in [2.24, 2.45) is 0 Å². The monoisotopic (exact) mass is 368 g/mol. The topological polar surface area (TPSA) is 52.6 Å². The van der Waals surface area contributed by atoms with Crippen molar-refractivity contribution in [1.82, 2.24) is 0 Å². The third-order valence-corrected chi connectivity index (χ3v) is 3.50. The Balaban J connectivity index is 2.55. The summed E-state index contributed by atoms with van der Waals surface area (Å²) in [5.41, 5.74) is 0. The zero-order chi connectivity index (χ0) is 14.4. The molecule has 0 unspecified atom stereocenters. The molecule has 1 rings (SSSR count). The molecule has 0 spiro atoms. The third-order valence-electron chi connectivity index (χ3n) is 2.01. The van der Waals surface area contributed by atoms with Gasteiger partial charge in [0.15, 0.2) is 5.78 Å². The molecule has 0 heterocycles. The lowest BCUT2D eigenvalue weighted by molar-refractivity contribution is -0.145. The summed E-state index contributed by atoms with van der Waals surface area (Å²) in [5, 5.41) is 0.734. The number of carbonyl (C=O) groups is 2. The average molecular weight is 370 g/mol. The molecule has 0 bridgehead atoms. The van der Waals surface area contributed by atoms with Crippen LogP contribution in [0.25, 0.3) is 0 Å². The lowest BCUT2D eigenvalue weighted by Gasteiger charge is -2.08. The number of rotatable bonds is 6. The van der Waals surface area contributed by atoms with Crippen molar-refractivity contribution in [3.05, 3.63) is 26.7 Å². The molecule has 0 saturated carbocycles. The van der Waals surface area contributed by atoms with Crippen LogP contribution in [0.4, 0.5) is 0 Å². The average Bonchev–Trinajstić information content (AvgIpc) is 2.32. The van der Waals surface area contributed by atoms with Gasteiger partial charge in [0.25, 0.3) is 0 Å². The number of esters is 1. The fourth-order valence-electron chi connectivity index (χ4n) is 1.20. The molecule has 4 nitrogen and oxygen atoms in total. The number of benzene rings is 1. The Labute approximate surface area is 129 Å².